The lowest BCUT2D eigenvalue weighted by Crippen LogP contribution is -2.01. The molecule has 0 aliphatic rings. The van der Waals surface area contributed by atoms with Gasteiger partial charge in [0.2, 0.25) is 6.29 Å². The smallest absolute Gasteiger partial charge is 0.303 e. The van der Waals surface area contributed by atoms with E-state index in [2.05, 4.69) is 0 Å². The average molecular weight is 129 g/mol. The maximum absolute atomic E-state index is 9.89. The van der Waals surface area contributed by atoms with Gasteiger partial charge in [-0.2, -0.15) is 0 Å². The normalized spacial score (nSPS) is 12.6. The molecule has 0 bridgehead atoms. The fourth-order valence-electron chi connectivity index (χ4n) is 0.399. The Balaban J connectivity index is 3.26. The first kappa shape index (κ1) is 8.14. The van der Waals surface area contributed by atoms with Crippen LogP contribution in [0.3, 0.4) is 0 Å². The van der Waals surface area contributed by atoms with E-state index in [1.54, 1.807) is 13.2 Å². The van der Waals surface area contributed by atoms with Gasteiger partial charge in [0.15, 0.2) is 0 Å². The number of carboxylic acids is 1. The number of carbonyl (C=O) groups excluding carboxylic acids is 1. The van der Waals surface area contributed by atoms with Crippen molar-refractivity contribution < 1.29 is 14.7 Å². The van der Waals surface area contributed by atoms with Gasteiger partial charge < -0.3 is 5.11 Å². The Kier molecular flexibility index (Phi) is 3.67. The van der Waals surface area contributed by atoms with Crippen LogP contribution in [-0.4, -0.2) is 17.4 Å². The maximum atomic E-state index is 9.89. The number of rotatable bonds is 4. The van der Waals surface area contributed by atoms with Gasteiger partial charge in [0.1, 0.15) is 0 Å². The second kappa shape index (κ2) is 4.06. The van der Waals surface area contributed by atoms with Gasteiger partial charge in [0.25, 0.3) is 0 Å². The highest BCUT2D eigenvalue weighted by molar-refractivity contribution is 5.67. The zero-order valence-corrected chi connectivity index (χ0v) is 5.26. The van der Waals surface area contributed by atoms with Gasteiger partial charge in [-0.1, -0.05) is 6.92 Å². The first-order valence-electron chi connectivity index (χ1n) is 2.76. The van der Waals surface area contributed by atoms with Gasteiger partial charge in [-0.3, -0.25) is 9.59 Å². The van der Waals surface area contributed by atoms with Crippen LogP contribution in [0.4, 0.5) is 0 Å². The van der Waals surface area contributed by atoms with Crippen molar-refractivity contribution >= 4 is 12.3 Å². The van der Waals surface area contributed by atoms with Crippen LogP contribution in [0.25, 0.3) is 0 Å². The summed E-state index contributed by atoms with van der Waals surface area (Å²) in [5, 5.41) is 8.13. The molecule has 51 valence electrons. The molecule has 0 rings (SSSR count). The van der Waals surface area contributed by atoms with Crippen LogP contribution in [-0.2, 0) is 9.59 Å². The van der Waals surface area contributed by atoms with Crippen LogP contribution in [0.2, 0.25) is 0 Å². The molecule has 0 aromatic carbocycles. The summed E-state index contributed by atoms with van der Waals surface area (Å²) in [6.45, 7) is 1.65. The number of aliphatic carboxylic acids is 1. The minimum absolute atomic E-state index is 0.0520. The molecule has 1 N–H and O–H groups in total. The van der Waals surface area contributed by atoms with E-state index in [0.717, 1.165) is 0 Å². The van der Waals surface area contributed by atoms with Gasteiger partial charge in [0, 0.05) is 12.3 Å². The Bertz CT molecular complexity index is 109. The van der Waals surface area contributed by atoms with Crippen molar-refractivity contribution in [3.05, 3.63) is 0 Å². The second-order valence-electron chi connectivity index (χ2n) is 1.95. The summed E-state index contributed by atoms with van der Waals surface area (Å²) in [6, 6.07) is 0. The average Bonchev–Trinajstić information content (AvgIpc) is 1.83. The minimum Gasteiger partial charge on any atom is -0.481 e. The number of hydrogen-bond donors (Lipinski definition) is 1. The maximum Gasteiger partial charge on any atom is 0.303 e. The third-order valence-electron chi connectivity index (χ3n) is 0.992. The van der Waals surface area contributed by atoms with Gasteiger partial charge in [-0.15, -0.1) is 0 Å². The molecule has 0 aliphatic carbocycles. The predicted molar refractivity (Wildman–Crippen MR) is 31.7 cm³/mol. The highest BCUT2D eigenvalue weighted by Crippen LogP contribution is 2.00. The summed E-state index contributed by atoms with van der Waals surface area (Å²) in [7, 11) is 0. The highest BCUT2D eigenvalue weighted by atomic mass is 16.4. The fourth-order valence-corrected chi connectivity index (χ4v) is 0.399. The van der Waals surface area contributed by atoms with Gasteiger partial charge in [0.05, 0.1) is 0 Å². The summed E-state index contributed by atoms with van der Waals surface area (Å²) in [5.74, 6) is -1.11. The molecule has 0 aromatic heterocycles. The van der Waals surface area contributed by atoms with Crippen LogP contribution in [0.5, 0.6) is 0 Å². The van der Waals surface area contributed by atoms with E-state index < -0.39 is 5.97 Å². The summed E-state index contributed by atoms with van der Waals surface area (Å²) < 4.78 is 0. The molecule has 3 heteroatoms. The standard InChI is InChI=1S/C6H9O3/c1-5(4-7)2-3-6(8)9/h5H,2-3H2,1H3,(H,8,9). The Hall–Kier alpha value is -0.860. The monoisotopic (exact) mass is 129 g/mol. The van der Waals surface area contributed by atoms with E-state index in [1.807, 2.05) is 0 Å². The highest BCUT2D eigenvalue weighted by Gasteiger charge is 2.03. The molecule has 9 heavy (non-hydrogen) atoms. The third kappa shape index (κ3) is 5.00. The predicted octanol–water partition coefficient (Wildman–Crippen LogP) is 0.597. The molecule has 1 atom stereocenters. The van der Waals surface area contributed by atoms with E-state index in [1.165, 1.54) is 0 Å². The molecule has 0 saturated carbocycles. The van der Waals surface area contributed by atoms with Crippen LogP contribution < -0.4 is 0 Å². The van der Waals surface area contributed by atoms with E-state index in [0.29, 0.717) is 6.42 Å². The van der Waals surface area contributed by atoms with Crippen molar-refractivity contribution in [2.24, 2.45) is 5.92 Å². The molecule has 0 heterocycles. The largest absolute Gasteiger partial charge is 0.481 e. The number of carboxylic acid groups (broad SMARTS) is 1. The van der Waals surface area contributed by atoms with E-state index in [4.69, 9.17) is 5.11 Å². The Morgan fingerprint density at radius 2 is 2.33 bits per heavy atom. The number of hydrogen-bond acceptors (Lipinski definition) is 2. The quantitative estimate of drug-likeness (QED) is 0.604. The lowest BCUT2D eigenvalue weighted by Gasteiger charge is -1.95. The van der Waals surface area contributed by atoms with Gasteiger partial charge >= 0.3 is 5.97 Å². The van der Waals surface area contributed by atoms with Crippen molar-refractivity contribution in [3.63, 3.8) is 0 Å². The summed E-state index contributed by atoms with van der Waals surface area (Å²) >= 11 is 0. The van der Waals surface area contributed by atoms with E-state index in [-0.39, 0.29) is 12.3 Å². The van der Waals surface area contributed by atoms with Crippen molar-refractivity contribution in [1.82, 2.24) is 0 Å². The Morgan fingerprint density at radius 1 is 1.78 bits per heavy atom. The third-order valence-corrected chi connectivity index (χ3v) is 0.992. The van der Waals surface area contributed by atoms with Crippen molar-refractivity contribution in [2.45, 2.75) is 19.8 Å². The minimum atomic E-state index is -0.864. The molecule has 0 spiro atoms. The lowest BCUT2D eigenvalue weighted by molar-refractivity contribution is -0.137. The Morgan fingerprint density at radius 3 is 2.67 bits per heavy atom. The molecule has 0 fully saturated rings. The summed E-state index contributed by atoms with van der Waals surface area (Å²) in [4.78, 5) is 19.7. The zero-order valence-electron chi connectivity index (χ0n) is 5.26. The molecule has 0 aromatic rings. The van der Waals surface area contributed by atoms with Gasteiger partial charge in [-0.25, -0.2) is 0 Å². The molecule has 1 radical (unpaired) electrons. The van der Waals surface area contributed by atoms with Crippen LogP contribution in [0.1, 0.15) is 19.8 Å². The molecule has 3 nitrogen and oxygen atoms in total. The molecule has 0 aliphatic heterocycles. The van der Waals surface area contributed by atoms with E-state index >= 15 is 0 Å². The summed E-state index contributed by atoms with van der Waals surface area (Å²) in [5.41, 5.74) is 0. The lowest BCUT2D eigenvalue weighted by atomic mass is 10.1. The number of carbonyl (C=O) groups is 1. The molecule has 0 amide bonds. The zero-order chi connectivity index (χ0) is 7.28. The fraction of sp³-hybridized carbons (Fsp3) is 0.667. The van der Waals surface area contributed by atoms with Crippen molar-refractivity contribution in [2.75, 3.05) is 0 Å². The van der Waals surface area contributed by atoms with Crippen molar-refractivity contribution in [1.29, 1.82) is 0 Å². The molecular formula is C6H9O3. The van der Waals surface area contributed by atoms with Crippen LogP contribution in [0.15, 0.2) is 0 Å². The van der Waals surface area contributed by atoms with E-state index in [9.17, 15) is 9.59 Å². The second-order valence-corrected chi connectivity index (χ2v) is 1.95. The van der Waals surface area contributed by atoms with Crippen molar-refractivity contribution in [3.8, 4) is 0 Å². The van der Waals surface area contributed by atoms with Crippen LogP contribution >= 0.6 is 0 Å². The molecular weight excluding hydrogens is 120 g/mol. The first-order valence-corrected chi connectivity index (χ1v) is 2.76. The van der Waals surface area contributed by atoms with Crippen LogP contribution in [0, 0.1) is 5.92 Å². The first-order chi connectivity index (χ1) is 4.16. The SMILES string of the molecule is CC([C]=O)CCC(=O)O. The molecule has 0 saturated heterocycles. The van der Waals surface area contributed by atoms with Gasteiger partial charge in [-0.05, 0) is 6.42 Å². The Labute approximate surface area is 53.7 Å². The topological polar surface area (TPSA) is 54.4 Å². The summed E-state index contributed by atoms with van der Waals surface area (Å²) in [6.07, 6.45) is 2.15. The molecule has 1 unspecified atom stereocenters.